The number of carbonyl (C=O) groups excluding carboxylic acids is 1. The van der Waals surface area contributed by atoms with E-state index < -0.39 is 10.0 Å². The number of rotatable bonds is 4. The number of sulfonamides is 1. The van der Waals surface area contributed by atoms with Crippen molar-refractivity contribution < 1.29 is 17.9 Å². The number of ether oxygens (including phenoxy) is 1. The van der Waals surface area contributed by atoms with Crippen LogP contribution in [-0.2, 0) is 21.4 Å². The van der Waals surface area contributed by atoms with Crippen molar-refractivity contribution in [2.75, 3.05) is 19.0 Å². The van der Waals surface area contributed by atoms with Crippen LogP contribution in [0.25, 0.3) is 0 Å². The quantitative estimate of drug-likeness (QED) is 0.854. The van der Waals surface area contributed by atoms with E-state index in [9.17, 15) is 13.2 Å². The van der Waals surface area contributed by atoms with Gasteiger partial charge in [-0.2, -0.15) is 4.31 Å². The van der Waals surface area contributed by atoms with E-state index in [1.54, 1.807) is 24.3 Å². The van der Waals surface area contributed by atoms with E-state index in [1.807, 2.05) is 0 Å². The Hall–Kier alpha value is -1.80. The first-order valence-corrected chi connectivity index (χ1v) is 9.44. The zero-order chi connectivity index (χ0) is 18.2. The number of anilines is 1. The summed E-state index contributed by atoms with van der Waals surface area (Å²) in [4.78, 5) is 11.2. The maximum absolute atomic E-state index is 12.9. The van der Waals surface area contributed by atoms with Crippen LogP contribution in [0.15, 0.2) is 41.3 Å². The van der Waals surface area contributed by atoms with Crippen molar-refractivity contribution >= 4 is 44.8 Å². The van der Waals surface area contributed by atoms with Crippen LogP contribution >= 0.6 is 23.2 Å². The van der Waals surface area contributed by atoms with E-state index in [1.165, 1.54) is 19.2 Å². The summed E-state index contributed by atoms with van der Waals surface area (Å²) >= 11 is 12.2. The molecule has 1 aliphatic rings. The molecule has 0 atom stereocenters. The monoisotopic (exact) mass is 400 g/mol. The largest absolute Gasteiger partial charge is 0.482 e. The van der Waals surface area contributed by atoms with Crippen molar-refractivity contribution in [2.24, 2.45) is 0 Å². The minimum Gasteiger partial charge on any atom is -0.482 e. The Labute approximate surface area is 155 Å². The van der Waals surface area contributed by atoms with E-state index in [0.717, 1.165) is 4.31 Å². The zero-order valence-electron chi connectivity index (χ0n) is 13.1. The lowest BCUT2D eigenvalue weighted by Crippen LogP contribution is -2.28. The summed E-state index contributed by atoms with van der Waals surface area (Å²) in [5.41, 5.74) is 1.02. The molecular weight excluding hydrogens is 387 g/mol. The summed E-state index contributed by atoms with van der Waals surface area (Å²) in [5.74, 6) is -0.0660. The van der Waals surface area contributed by atoms with Crippen LogP contribution in [0.1, 0.15) is 5.56 Å². The highest BCUT2D eigenvalue weighted by Crippen LogP contribution is 2.36. The fraction of sp³-hybridized carbons (Fsp3) is 0.188. The molecule has 132 valence electrons. The van der Waals surface area contributed by atoms with Gasteiger partial charge in [-0.3, -0.25) is 4.79 Å². The fourth-order valence-electron chi connectivity index (χ4n) is 2.40. The van der Waals surface area contributed by atoms with Gasteiger partial charge in [0.1, 0.15) is 10.6 Å². The van der Waals surface area contributed by atoms with Gasteiger partial charge in [-0.1, -0.05) is 41.4 Å². The number of nitrogens with one attached hydrogen (secondary N) is 1. The van der Waals surface area contributed by atoms with Crippen LogP contribution in [0.5, 0.6) is 5.75 Å². The second kappa shape index (κ2) is 6.84. The van der Waals surface area contributed by atoms with E-state index in [4.69, 9.17) is 27.9 Å². The van der Waals surface area contributed by atoms with Crippen LogP contribution in [0.3, 0.4) is 0 Å². The van der Waals surface area contributed by atoms with E-state index in [-0.39, 0.29) is 34.7 Å². The highest BCUT2D eigenvalue weighted by Gasteiger charge is 2.28. The Balaban J connectivity index is 1.94. The second-order valence-corrected chi connectivity index (χ2v) is 8.30. The number of carbonyl (C=O) groups is 1. The van der Waals surface area contributed by atoms with Gasteiger partial charge in [0.2, 0.25) is 10.0 Å². The van der Waals surface area contributed by atoms with Gasteiger partial charge in [-0.05, 0) is 17.7 Å². The predicted octanol–water partition coefficient (Wildman–Crippen LogP) is 3.15. The number of benzene rings is 2. The van der Waals surface area contributed by atoms with E-state index in [2.05, 4.69) is 5.32 Å². The molecule has 25 heavy (non-hydrogen) atoms. The minimum atomic E-state index is -3.88. The number of fused-ring (bicyclic) bond motifs is 1. The standard InChI is InChI=1S/C16H14Cl2N2O4S/c1-20(8-10-4-2-3-5-11(10)17)25(22,23)15-7-14-13(6-12(15)18)19-16(21)9-24-14/h2-7H,8-9H2,1H3,(H,19,21). The van der Waals surface area contributed by atoms with Crippen molar-refractivity contribution in [2.45, 2.75) is 11.4 Å². The van der Waals surface area contributed by atoms with Crippen LogP contribution < -0.4 is 10.1 Å². The van der Waals surface area contributed by atoms with E-state index in [0.29, 0.717) is 16.3 Å². The third kappa shape index (κ3) is 3.59. The molecule has 1 aliphatic heterocycles. The second-order valence-electron chi connectivity index (χ2n) is 5.47. The van der Waals surface area contributed by atoms with Crippen LogP contribution in [0, 0.1) is 0 Å². The smallest absolute Gasteiger partial charge is 0.262 e. The van der Waals surface area contributed by atoms with Crippen molar-refractivity contribution in [3.05, 3.63) is 52.0 Å². The summed E-state index contributed by atoms with van der Waals surface area (Å²) in [6, 6.07) is 9.68. The van der Waals surface area contributed by atoms with Crippen LogP contribution in [0.4, 0.5) is 5.69 Å². The van der Waals surface area contributed by atoms with Gasteiger partial charge in [0.05, 0.1) is 10.7 Å². The van der Waals surface area contributed by atoms with Gasteiger partial charge in [0.25, 0.3) is 5.91 Å². The summed E-state index contributed by atoms with van der Waals surface area (Å²) in [6.45, 7) is -0.0867. The highest BCUT2D eigenvalue weighted by molar-refractivity contribution is 7.89. The molecule has 0 aromatic heterocycles. The number of hydrogen-bond donors (Lipinski definition) is 1. The molecule has 0 spiro atoms. The molecule has 0 saturated heterocycles. The van der Waals surface area contributed by atoms with Gasteiger partial charge in [0, 0.05) is 24.7 Å². The van der Waals surface area contributed by atoms with Crippen LogP contribution in [-0.4, -0.2) is 32.3 Å². The Morgan fingerprint density at radius 1 is 1.20 bits per heavy atom. The molecule has 0 aliphatic carbocycles. The molecule has 6 nitrogen and oxygen atoms in total. The topological polar surface area (TPSA) is 75.7 Å². The van der Waals surface area contributed by atoms with E-state index >= 15 is 0 Å². The zero-order valence-corrected chi connectivity index (χ0v) is 15.5. The Kier molecular flexibility index (Phi) is 4.92. The van der Waals surface area contributed by atoms with Gasteiger partial charge >= 0.3 is 0 Å². The number of amides is 1. The maximum Gasteiger partial charge on any atom is 0.262 e. The summed E-state index contributed by atoms with van der Waals surface area (Å²) in [5, 5.41) is 3.06. The molecule has 3 rings (SSSR count). The Morgan fingerprint density at radius 2 is 1.92 bits per heavy atom. The molecule has 0 unspecified atom stereocenters. The van der Waals surface area contributed by atoms with Crippen molar-refractivity contribution in [3.63, 3.8) is 0 Å². The summed E-state index contributed by atoms with van der Waals surface area (Å²) in [6.07, 6.45) is 0. The molecule has 0 bridgehead atoms. The number of halogens is 2. The first-order chi connectivity index (χ1) is 11.8. The summed E-state index contributed by atoms with van der Waals surface area (Å²) < 4.78 is 32.2. The number of nitrogens with zero attached hydrogens (tertiary/aromatic N) is 1. The maximum atomic E-state index is 12.9. The molecule has 2 aromatic carbocycles. The van der Waals surface area contributed by atoms with Gasteiger partial charge in [0.15, 0.2) is 6.61 Å². The van der Waals surface area contributed by atoms with Crippen molar-refractivity contribution in [1.29, 1.82) is 0 Å². The molecule has 1 heterocycles. The molecule has 0 radical (unpaired) electrons. The highest BCUT2D eigenvalue weighted by atomic mass is 35.5. The third-order valence-electron chi connectivity index (χ3n) is 3.71. The molecule has 0 saturated carbocycles. The lowest BCUT2D eigenvalue weighted by Gasteiger charge is -2.22. The Morgan fingerprint density at radius 3 is 2.64 bits per heavy atom. The molecule has 1 N–H and O–H groups in total. The molecule has 2 aromatic rings. The minimum absolute atomic E-state index is 0.00411. The summed E-state index contributed by atoms with van der Waals surface area (Å²) in [7, 11) is -2.44. The molecule has 9 heteroatoms. The average molecular weight is 401 g/mol. The molecule has 0 fully saturated rings. The normalized spacial score (nSPS) is 14.0. The van der Waals surface area contributed by atoms with Crippen molar-refractivity contribution in [1.82, 2.24) is 4.31 Å². The molecule has 1 amide bonds. The van der Waals surface area contributed by atoms with Crippen molar-refractivity contribution in [3.8, 4) is 5.75 Å². The SMILES string of the molecule is CN(Cc1ccccc1Cl)S(=O)(=O)c1cc2c(cc1Cl)NC(=O)CO2. The molecular formula is C16H14Cl2N2O4S. The van der Waals surface area contributed by atoms with Gasteiger partial charge in [-0.15, -0.1) is 0 Å². The van der Waals surface area contributed by atoms with Crippen LogP contribution in [0.2, 0.25) is 10.0 Å². The first kappa shape index (κ1) is 18.0. The Bertz CT molecular complexity index is 947. The average Bonchev–Trinajstić information content (AvgIpc) is 2.56. The predicted molar refractivity (Wildman–Crippen MR) is 95.7 cm³/mol. The van der Waals surface area contributed by atoms with Gasteiger partial charge < -0.3 is 10.1 Å². The lowest BCUT2D eigenvalue weighted by atomic mass is 10.2. The first-order valence-electron chi connectivity index (χ1n) is 7.25. The fourth-order valence-corrected chi connectivity index (χ4v) is 4.26. The number of hydrogen-bond acceptors (Lipinski definition) is 4. The third-order valence-corrected chi connectivity index (χ3v) is 6.34. The van der Waals surface area contributed by atoms with Gasteiger partial charge in [-0.25, -0.2) is 8.42 Å². The lowest BCUT2D eigenvalue weighted by molar-refractivity contribution is -0.118.